The first-order valence-corrected chi connectivity index (χ1v) is 7.95. The van der Waals surface area contributed by atoms with Crippen LogP contribution >= 0.6 is 0 Å². The molecule has 3 rings (SSSR count). The first-order chi connectivity index (χ1) is 11.8. The SMILES string of the molecule is Cc1ccc(N(c2ccc(C)cc2)c2ccc(C(F)(F)F)cc2)cc1. The molecule has 0 N–H and O–H groups in total. The maximum absolute atomic E-state index is 12.8. The van der Waals surface area contributed by atoms with Crippen molar-refractivity contribution in [2.75, 3.05) is 4.90 Å². The quantitative estimate of drug-likeness (QED) is 0.507. The maximum Gasteiger partial charge on any atom is 0.416 e. The Labute approximate surface area is 145 Å². The molecular formula is C21H18F3N. The molecule has 0 saturated heterocycles. The van der Waals surface area contributed by atoms with Gasteiger partial charge in [0.05, 0.1) is 5.56 Å². The monoisotopic (exact) mass is 341 g/mol. The lowest BCUT2D eigenvalue weighted by molar-refractivity contribution is -0.137. The van der Waals surface area contributed by atoms with Crippen molar-refractivity contribution < 1.29 is 13.2 Å². The molecule has 3 aromatic rings. The van der Waals surface area contributed by atoms with Gasteiger partial charge in [-0.15, -0.1) is 0 Å². The molecule has 3 aromatic carbocycles. The van der Waals surface area contributed by atoms with Crippen LogP contribution in [0.2, 0.25) is 0 Å². The third-order valence-corrected chi connectivity index (χ3v) is 4.04. The summed E-state index contributed by atoms with van der Waals surface area (Å²) in [6.45, 7) is 4.00. The smallest absolute Gasteiger partial charge is 0.311 e. The zero-order valence-corrected chi connectivity index (χ0v) is 14.0. The largest absolute Gasteiger partial charge is 0.416 e. The highest BCUT2D eigenvalue weighted by molar-refractivity contribution is 5.76. The predicted molar refractivity (Wildman–Crippen MR) is 95.6 cm³/mol. The summed E-state index contributed by atoms with van der Waals surface area (Å²) in [5.74, 6) is 0. The summed E-state index contributed by atoms with van der Waals surface area (Å²) in [6.07, 6.45) is -4.34. The number of hydrogen-bond acceptors (Lipinski definition) is 1. The van der Waals surface area contributed by atoms with Crippen LogP contribution in [0.5, 0.6) is 0 Å². The molecule has 0 fully saturated rings. The average Bonchev–Trinajstić information content (AvgIpc) is 2.58. The van der Waals surface area contributed by atoms with E-state index in [0.717, 1.165) is 34.6 Å². The van der Waals surface area contributed by atoms with Crippen molar-refractivity contribution in [3.05, 3.63) is 89.5 Å². The molecule has 0 saturated carbocycles. The number of benzene rings is 3. The third kappa shape index (κ3) is 3.85. The highest BCUT2D eigenvalue weighted by Gasteiger charge is 2.30. The van der Waals surface area contributed by atoms with Crippen LogP contribution in [0.15, 0.2) is 72.8 Å². The number of aryl methyl sites for hydroxylation is 2. The first-order valence-electron chi connectivity index (χ1n) is 7.95. The Kier molecular flexibility index (Phi) is 4.53. The molecule has 0 aliphatic rings. The molecule has 128 valence electrons. The van der Waals surface area contributed by atoms with Gasteiger partial charge in [-0.1, -0.05) is 35.4 Å². The lowest BCUT2D eigenvalue weighted by Crippen LogP contribution is -2.11. The van der Waals surface area contributed by atoms with E-state index in [2.05, 4.69) is 0 Å². The van der Waals surface area contributed by atoms with Crippen molar-refractivity contribution in [2.24, 2.45) is 0 Å². The topological polar surface area (TPSA) is 3.24 Å². The Morgan fingerprint density at radius 2 is 0.880 bits per heavy atom. The molecule has 0 aliphatic carbocycles. The third-order valence-electron chi connectivity index (χ3n) is 4.04. The summed E-state index contributed by atoms with van der Waals surface area (Å²) in [5, 5.41) is 0. The first kappa shape index (κ1) is 17.1. The summed E-state index contributed by atoms with van der Waals surface area (Å²) in [4.78, 5) is 1.94. The summed E-state index contributed by atoms with van der Waals surface area (Å²) in [7, 11) is 0. The molecule has 0 spiro atoms. The van der Waals surface area contributed by atoms with Gasteiger partial charge in [-0.3, -0.25) is 0 Å². The van der Waals surface area contributed by atoms with E-state index < -0.39 is 11.7 Å². The van der Waals surface area contributed by atoms with Gasteiger partial charge in [0.1, 0.15) is 0 Å². The summed E-state index contributed by atoms with van der Waals surface area (Å²) in [5.41, 5.74) is 4.08. The van der Waals surface area contributed by atoms with Crippen molar-refractivity contribution in [3.8, 4) is 0 Å². The molecule has 0 heterocycles. The van der Waals surface area contributed by atoms with Gasteiger partial charge >= 0.3 is 6.18 Å². The van der Waals surface area contributed by atoms with Gasteiger partial charge in [-0.05, 0) is 62.4 Å². The minimum atomic E-state index is -4.34. The molecule has 0 aliphatic heterocycles. The predicted octanol–water partition coefficient (Wildman–Crippen LogP) is 6.79. The number of hydrogen-bond donors (Lipinski definition) is 0. The Hall–Kier alpha value is -2.75. The van der Waals surface area contributed by atoms with Gasteiger partial charge in [0.25, 0.3) is 0 Å². The molecule has 0 amide bonds. The maximum atomic E-state index is 12.8. The van der Waals surface area contributed by atoms with Crippen molar-refractivity contribution in [3.63, 3.8) is 0 Å². The highest BCUT2D eigenvalue weighted by Crippen LogP contribution is 2.36. The Morgan fingerprint density at radius 3 is 1.20 bits per heavy atom. The second-order valence-electron chi connectivity index (χ2n) is 6.05. The minimum Gasteiger partial charge on any atom is -0.311 e. The van der Waals surface area contributed by atoms with Crippen molar-refractivity contribution in [1.82, 2.24) is 0 Å². The van der Waals surface area contributed by atoms with E-state index in [9.17, 15) is 13.2 Å². The Balaban J connectivity index is 2.07. The van der Waals surface area contributed by atoms with Crippen LogP contribution in [-0.2, 0) is 6.18 Å². The van der Waals surface area contributed by atoms with Crippen LogP contribution in [0.25, 0.3) is 0 Å². The standard InChI is InChI=1S/C21H18F3N/c1-15-3-9-18(10-4-15)25(19-11-5-16(2)6-12-19)20-13-7-17(8-14-20)21(22,23)24/h3-14H,1-2H3. The normalized spacial score (nSPS) is 11.4. The van der Waals surface area contributed by atoms with Gasteiger partial charge in [0, 0.05) is 17.1 Å². The fourth-order valence-electron chi connectivity index (χ4n) is 2.63. The summed E-state index contributed by atoms with van der Waals surface area (Å²) >= 11 is 0. The summed E-state index contributed by atoms with van der Waals surface area (Å²) < 4.78 is 38.5. The van der Waals surface area contributed by atoms with E-state index in [0.29, 0.717) is 5.69 Å². The van der Waals surface area contributed by atoms with Crippen molar-refractivity contribution in [2.45, 2.75) is 20.0 Å². The zero-order chi connectivity index (χ0) is 18.0. The van der Waals surface area contributed by atoms with E-state index in [1.54, 1.807) is 0 Å². The van der Waals surface area contributed by atoms with Gasteiger partial charge in [0.15, 0.2) is 0 Å². The van der Waals surface area contributed by atoms with E-state index in [-0.39, 0.29) is 0 Å². The number of alkyl halides is 3. The number of nitrogens with zero attached hydrogens (tertiary/aromatic N) is 1. The molecule has 25 heavy (non-hydrogen) atoms. The van der Waals surface area contributed by atoms with Crippen LogP contribution in [0.4, 0.5) is 30.2 Å². The minimum absolute atomic E-state index is 0.649. The van der Waals surface area contributed by atoms with Gasteiger partial charge < -0.3 is 4.90 Å². The second kappa shape index (κ2) is 6.63. The Bertz CT molecular complexity index is 787. The zero-order valence-electron chi connectivity index (χ0n) is 14.0. The molecule has 4 heteroatoms. The number of rotatable bonds is 3. The van der Waals surface area contributed by atoms with Gasteiger partial charge in [-0.2, -0.15) is 13.2 Å². The van der Waals surface area contributed by atoms with Crippen molar-refractivity contribution in [1.29, 1.82) is 0 Å². The number of anilines is 3. The fourth-order valence-corrected chi connectivity index (χ4v) is 2.63. The van der Waals surface area contributed by atoms with Crippen LogP contribution in [0.1, 0.15) is 16.7 Å². The molecule has 0 unspecified atom stereocenters. The average molecular weight is 341 g/mol. The second-order valence-corrected chi connectivity index (χ2v) is 6.05. The highest BCUT2D eigenvalue weighted by atomic mass is 19.4. The number of halogens is 3. The molecule has 0 atom stereocenters. The van der Waals surface area contributed by atoms with E-state index >= 15 is 0 Å². The van der Waals surface area contributed by atoms with E-state index in [1.165, 1.54) is 12.1 Å². The van der Waals surface area contributed by atoms with Crippen molar-refractivity contribution >= 4 is 17.1 Å². The Morgan fingerprint density at radius 1 is 0.560 bits per heavy atom. The molecule has 0 radical (unpaired) electrons. The van der Waals surface area contributed by atoms with Crippen LogP contribution in [0, 0.1) is 13.8 Å². The van der Waals surface area contributed by atoms with Crippen LogP contribution in [0.3, 0.4) is 0 Å². The van der Waals surface area contributed by atoms with Crippen LogP contribution < -0.4 is 4.90 Å². The molecule has 0 bridgehead atoms. The van der Waals surface area contributed by atoms with Gasteiger partial charge in [0.2, 0.25) is 0 Å². The van der Waals surface area contributed by atoms with E-state index in [1.807, 2.05) is 67.3 Å². The van der Waals surface area contributed by atoms with E-state index in [4.69, 9.17) is 0 Å². The summed E-state index contributed by atoms with van der Waals surface area (Å²) in [6, 6.07) is 21.0. The lowest BCUT2D eigenvalue weighted by atomic mass is 10.1. The molecular weight excluding hydrogens is 323 g/mol. The fraction of sp³-hybridized carbons (Fsp3) is 0.143. The molecule has 1 nitrogen and oxygen atoms in total. The van der Waals surface area contributed by atoms with Gasteiger partial charge in [-0.25, -0.2) is 0 Å². The molecule has 0 aromatic heterocycles. The van der Waals surface area contributed by atoms with Crippen LogP contribution in [-0.4, -0.2) is 0 Å². The lowest BCUT2D eigenvalue weighted by Gasteiger charge is -2.26.